The van der Waals surface area contributed by atoms with Crippen LogP contribution in [0.4, 0.5) is 14.5 Å². The first-order valence-corrected chi connectivity index (χ1v) is 4.96. The van der Waals surface area contributed by atoms with Crippen molar-refractivity contribution >= 4 is 27.5 Å². The van der Waals surface area contributed by atoms with E-state index in [1.165, 1.54) is 0 Å². The third-order valence-corrected chi connectivity index (χ3v) is 2.14. The summed E-state index contributed by atoms with van der Waals surface area (Å²) in [4.78, 5) is 10.4. The molecule has 0 spiro atoms. The topological polar surface area (TPSA) is 55.1 Å². The number of benzene rings is 1. The van der Waals surface area contributed by atoms with Crippen molar-refractivity contribution in [2.45, 2.75) is 6.42 Å². The monoisotopic (exact) mass is 278 g/mol. The molecule has 0 radical (unpaired) electrons. The Balaban J connectivity index is 2.72. The molecule has 0 aliphatic carbocycles. The molecule has 0 unspecified atom stereocenters. The third-order valence-electron chi connectivity index (χ3n) is 1.68. The molecule has 15 heavy (non-hydrogen) atoms. The van der Waals surface area contributed by atoms with Gasteiger partial charge in [-0.15, -0.1) is 0 Å². The van der Waals surface area contributed by atoms with Gasteiger partial charge in [0, 0.05) is 17.4 Å². The molecular formula is C9H9BrF2N2O. The van der Waals surface area contributed by atoms with E-state index in [1.807, 2.05) is 0 Å². The van der Waals surface area contributed by atoms with Crippen LogP contribution in [-0.2, 0) is 4.79 Å². The lowest BCUT2D eigenvalue weighted by Gasteiger charge is -2.07. The minimum Gasteiger partial charge on any atom is -0.380 e. The highest BCUT2D eigenvalue weighted by atomic mass is 79.9. The van der Waals surface area contributed by atoms with Crippen LogP contribution in [0.3, 0.4) is 0 Å². The van der Waals surface area contributed by atoms with Crippen LogP contribution in [0, 0.1) is 11.6 Å². The average Bonchev–Trinajstić information content (AvgIpc) is 2.08. The smallest absolute Gasteiger partial charge is 0.219 e. The van der Waals surface area contributed by atoms with E-state index in [0.29, 0.717) is 4.47 Å². The van der Waals surface area contributed by atoms with Crippen LogP contribution in [0.1, 0.15) is 6.42 Å². The largest absolute Gasteiger partial charge is 0.380 e. The van der Waals surface area contributed by atoms with Crippen LogP contribution < -0.4 is 11.1 Å². The second kappa shape index (κ2) is 5.06. The van der Waals surface area contributed by atoms with Gasteiger partial charge in [-0.3, -0.25) is 4.79 Å². The van der Waals surface area contributed by atoms with E-state index in [-0.39, 0.29) is 18.7 Å². The van der Waals surface area contributed by atoms with Gasteiger partial charge in [-0.05, 0) is 12.1 Å². The SMILES string of the molecule is NC(=O)CCNc1c(F)cc(Br)cc1F. The van der Waals surface area contributed by atoms with Gasteiger partial charge in [-0.1, -0.05) is 15.9 Å². The van der Waals surface area contributed by atoms with Gasteiger partial charge in [-0.2, -0.15) is 0 Å². The van der Waals surface area contributed by atoms with Crippen molar-refractivity contribution in [2.75, 3.05) is 11.9 Å². The Kier molecular flexibility index (Phi) is 4.02. The summed E-state index contributed by atoms with van der Waals surface area (Å²) in [6.07, 6.45) is 0.0228. The molecule has 3 nitrogen and oxygen atoms in total. The van der Waals surface area contributed by atoms with Gasteiger partial charge in [0.1, 0.15) is 17.3 Å². The molecule has 0 aliphatic rings. The molecule has 1 rings (SSSR count). The van der Waals surface area contributed by atoms with Crippen LogP contribution in [0.2, 0.25) is 0 Å². The number of rotatable bonds is 4. The summed E-state index contributed by atoms with van der Waals surface area (Å²) in [5.74, 6) is -1.96. The highest BCUT2D eigenvalue weighted by Gasteiger charge is 2.09. The molecule has 0 bridgehead atoms. The summed E-state index contributed by atoms with van der Waals surface area (Å²) in [5, 5.41) is 2.47. The fourth-order valence-corrected chi connectivity index (χ4v) is 1.42. The van der Waals surface area contributed by atoms with Crippen LogP contribution in [0.5, 0.6) is 0 Å². The molecule has 1 amide bonds. The fraction of sp³-hybridized carbons (Fsp3) is 0.222. The van der Waals surface area contributed by atoms with E-state index in [1.54, 1.807) is 0 Å². The number of nitrogens with one attached hydrogen (secondary N) is 1. The lowest BCUT2D eigenvalue weighted by Crippen LogP contribution is -2.16. The third kappa shape index (κ3) is 3.47. The summed E-state index contributed by atoms with van der Waals surface area (Å²) in [6, 6.07) is 2.27. The molecule has 6 heteroatoms. The minimum absolute atomic E-state index is 0.0228. The fourth-order valence-electron chi connectivity index (χ4n) is 1.02. The Morgan fingerprint density at radius 2 is 1.93 bits per heavy atom. The standard InChI is InChI=1S/C9H9BrF2N2O/c10-5-3-6(11)9(7(12)4-5)14-2-1-8(13)15/h3-4,14H,1-2H2,(H2,13,15). The summed E-state index contributed by atoms with van der Waals surface area (Å²) in [7, 11) is 0. The highest BCUT2D eigenvalue weighted by molar-refractivity contribution is 9.10. The van der Waals surface area contributed by atoms with Crippen molar-refractivity contribution in [3.8, 4) is 0 Å². The van der Waals surface area contributed by atoms with Crippen LogP contribution in [0.15, 0.2) is 16.6 Å². The van der Waals surface area contributed by atoms with E-state index in [2.05, 4.69) is 21.2 Å². The van der Waals surface area contributed by atoms with E-state index in [9.17, 15) is 13.6 Å². The van der Waals surface area contributed by atoms with Crippen molar-refractivity contribution < 1.29 is 13.6 Å². The summed E-state index contributed by atoms with van der Waals surface area (Å²) in [6.45, 7) is 0.102. The zero-order valence-electron chi connectivity index (χ0n) is 7.69. The van der Waals surface area contributed by atoms with Crippen molar-refractivity contribution in [3.63, 3.8) is 0 Å². The molecule has 82 valence electrons. The quantitative estimate of drug-likeness (QED) is 0.885. The Bertz CT molecular complexity index is 361. The molecule has 3 N–H and O–H groups in total. The predicted molar refractivity (Wildman–Crippen MR) is 56.4 cm³/mol. The number of anilines is 1. The molecule has 0 fully saturated rings. The van der Waals surface area contributed by atoms with Gasteiger partial charge in [0.25, 0.3) is 0 Å². The first-order valence-electron chi connectivity index (χ1n) is 4.17. The molecule has 1 aromatic carbocycles. The normalized spacial score (nSPS) is 10.1. The van der Waals surface area contributed by atoms with Gasteiger partial charge in [0.2, 0.25) is 5.91 Å². The van der Waals surface area contributed by atoms with Crippen LogP contribution >= 0.6 is 15.9 Å². The van der Waals surface area contributed by atoms with E-state index in [4.69, 9.17) is 5.73 Å². The maximum absolute atomic E-state index is 13.2. The van der Waals surface area contributed by atoms with Gasteiger partial charge in [0.15, 0.2) is 0 Å². The molecule has 0 heterocycles. The summed E-state index contributed by atoms with van der Waals surface area (Å²) >= 11 is 2.96. The molecule has 0 saturated heterocycles. The maximum atomic E-state index is 13.2. The Morgan fingerprint density at radius 1 is 1.40 bits per heavy atom. The first kappa shape index (κ1) is 11.9. The number of hydrogen-bond acceptors (Lipinski definition) is 2. The van der Waals surface area contributed by atoms with Crippen LogP contribution in [-0.4, -0.2) is 12.5 Å². The summed E-state index contributed by atoms with van der Waals surface area (Å²) < 4.78 is 26.7. The molecule has 0 aromatic heterocycles. The van der Waals surface area contributed by atoms with E-state index < -0.39 is 17.5 Å². The lowest BCUT2D eigenvalue weighted by molar-refractivity contribution is -0.117. The second-order valence-electron chi connectivity index (χ2n) is 2.89. The molecule has 1 aromatic rings. The Hall–Kier alpha value is -1.17. The average molecular weight is 279 g/mol. The van der Waals surface area contributed by atoms with E-state index >= 15 is 0 Å². The first-order chi connectivity index (χ1) is 7.00. The van der Waals surface area contributed by atoms with Gasteiger partial charge in [0.05, 0.1) is 0 Å². The number of hydrogen-bond donors (Lipinski definition) is 2. The van der Waals surface area contributed by atoms with Gasteiger partial charge in [-0.25, -0.2) is 8.78 Å². The predicted octanol–water partition coefficient (Wildman–Crippen LogP) is 2.01. The van der Waals surface area contributed by atoms with Crippen LogP contribution in [0.25, 0.3) is 0 Å². The molecule has 0 aliphatic heterocycles. The maximum Gasteiger partial charge on any atom is 0.219 e. The Morgan fingerprint density at radius 3 is 2.40 bits per heavy atom. The zero-order chi connectivity index (χ0) is 11.4. The lowest BCUT2D eigenvalue weighted by atomic mass is 10.3. The molecular weight excluding hydrogens is 270 g/mol. The van der Waals surface area contributed by atoms with Gasteiger partial charge < -0.3 is 11.1 Å². The van der Waals surface area contributed by atoms with Crippen molar-refractivity contribution in [1.82, 2.24) is 0 Å². The number of halogens is 3. The molecule has 0 saturated carbocycles. The number of amides is 1. The molecule has 0 atom stereocenters. The summed E-state index contributed by atoms with van der Waals surface area (Å²) in [5.41, 5.74) is 4.63. The second-order valence-corrected chi connectivity index (χ2v) is 3.80. The van der Waals surface area contributed by atoms with Crippen molar-refractivity contribution in [1.29, 1.82) is 0 Å². The number of primary amides is 1. The zero-order valence-corrected chi connectivity index (χ0v) is 9.27. The van der Waals surface area contributed by atoms with Crippen molar-refractivity contribution in [3.05, 3.63) is 28.2 Å². The minimum atomic E-state index is -0.716. The number of nitrogens with two attached hydrogens (primary N) is 1. The van der Waals surface area contributed by atoms with Gasteiger partial charge >= 0.3 is 0 Å². The number of carbonyl (C=O) groups is 1. The van der Waals surface area contributed by atoms with E-state index in [0.717, 1.165) is 12.1 Å². The van der Waals surface area contributed by atoms with Crippen molar-refractivity contribution in [2.24, 2.45) is 5.73 Å². The highest BCUT2D eigenvalue weighted by Crippen LogP contribution is 2.23. The Labute approximate surface area is 93.8 Å². The number of carbonyl (C=O) groups excluding carboxylic acids is 1.